The molecule has 0 bridgehead atoms. The maximum atomic E-state index is 16.1. The number of carboxylic acids is 1. The zero-order valence-corrected chi connectivity index (χ0v) is 19.5. The molecule has 2 aromatic carbocycles. The molecule has 2 atom stereocenters. The van der Waals surface area contributed by atoms with Gasteiger partial charge in [0, 0.05) is 39.9 Å². The van der Waals surface area contributed by atoms with Gasteiger partial charge in [-0.05, 0) is 48.7 Å². The second kappa shape index (κ2) is 8.17. The highest BCUT2D eigenvalue weighted by molar-refractivity contribution is 6.00. The molecule has 1 aliphatic heterocycles. The number of H-pyrrole nitrogens is 1. The molecule has 180 valence electrons. The molecule has 2 aromatic heterocycles. The average molecular weight is 478 g/mol. The van der Waals surface area contributed by atoms with Gasteiger partial charge in [-0.15, -0.1) is 0 Å². The molecule has 9 heteroatoms. The third-order valence-electron chi connectivity index (χ3n) is 6.89. The van der Waals surface area contributed by atoms with Crippen LogP contribution in [0.25, 0.3) is 27.5 Å². The summed E-state index contributed by atoms with van der Waals surface area (Å²) in [5.41, 5.74) is 2.37. The van der Waals surface area contributed by atoms with Crippen LogP contribution in [-0.2, 0) is 14.9 Å². The number of ether oxygens (including phenoxy) is 1. The molecule has 0 saturated carbocycles. The normalized spacial score (nSPS) is 18.4. The molecule has 0 aliphatic carbocycles. The van der Waals surface area contributed by atoms with E-state index in [1.807, 2.05) is 24.5 Å². The zero-order chi connectivity index (χ0) is 25.1. The first-order valence-electron chi connectivity index (χ1n) is 11.3. The van der Waals surface area contributed by atoms with Crippen LogP contribution >= 0.6 is 0 Å². The van der Waals surface area contributed by atoms with E-state index >= 15 is 4.39 Å². The fourth-order valence-corrected chi connectivity index (χ4v) is 5.21. The number of fused-ring (bicyclic) bond motifs is 2. The van der Waals surface area contributed by atoms with Gasteiger partial charge in [0.15, 0.2) is 11.9 Å². The molecule has 7 nitrogen and oxygen atoms in total. The van der Waals surface area contributed by atoms with Crippen LogP contribution in [0.1, 0.15) is 49.4 Å². The molecular formula is C26H24F2N4O3. The number of halogens is 2. The molecule has 1 saturated heterocycles. The second-order valence-corrected chi connectivity index (χ2v) is 9.76. The molecular weight excluding hydrogens is 454 g/mol. The Bertz CT molecular complexity index is 1530. The van der Waals surface area contributed by atoms with E-state index in [-0.39, 0.29) is 30.8 Å². The van der Waals surface area contributed by atoms with Gasteiger partial charge in [-0.1, -0.05) is 13.8 Å². The molecule has 2 N–H and O–H groups in total. The molecule has 0 amide bonds. The SMILES string of the molecule is Cc1cc(-n2c(C(C)(C)CC#N)c([C@H]3CO[C@H](C(=O)O)C3)c3c(F)c4[nH]ncc4cc32)ccc1F. The lowest BCUT2D eigenvalue weighted by atomic mass is 9.79. The third kappa shape index (κ3) is 3.56. The highest BCUT2D eigenvalue weighted by atomic mass is 19.1. The van der Waals surface area contributed by atoms with Gasteiger partial charge < -0.3 is 14.4 Å². The van der Waals surface area contributed by atoms with E-state index < -0.39 is 29.2 Å². The Kier molecular flexibility index (Phi) is 5.37. The first-order chi connectivity index (χ1) is 16.6. The Hall–Kier alpha value is -3.77. The highest BCUT2D eigenvalue weighted by Gasteiger charge is 2.40. The van der Waals surface area contributed by atoms with Crippen LogP contribution < -0.4 is 0 Å². The van der Waals surface area contributed by atoms with Crippen LogP contribution in [-0.4, -0.2) is 38.6 Å². The Labute approximate surface area is 199 Å². The van der Waals surface area contributed by atoms with Gasteiger partial charge >= 0.3 is 5.97 Å². The molecule has 35 heavy (non-hydrogen) atoms. The number of hydrogen-bond donors (Lipinski definition) is 2. The predicted octanol–water partition coefficient (Wildman–Crippen LogP) is 5.24. The van der Waals surface area contributed by atoms with Crippen molar-refractivity contribution in [1.29, 1.82) is 5.26 Å². The summed E-state index contributed by atoms with van der Waals surface area (Å²) in [6.07, 6.45) is 0.835. The van der Waals surface area contributed by atoms with E-state index in [0.717, 1.165) is 0 Å². The van der Waals surface area contributed by atoms with Crippen molar-refractivity contribution in [2.24, 2.45) is 0 Å². The van der Waals surface area contributed by atoms with Gasteiger partial charge in [0.25, 0.3) is 0 Å². The summed E-state index contributed by atoms with van der Waals surface area (Å²) in [6, 6.07) is 8.72. The predicted molar refractivity (Wildman–Crippen MR) is 126 cm³/mol. The van der Waals surface area contributed by atoms with E-state index in [1.165, 1.54) is 12.3 Å². The number of aryl methyl sites for hydroxylation is 1. The topological polar surface area (TPSA) is 104 Å². The van der Waals surface area contributed by atoms with Crippen LogP contribution in [0.3, 0.4) is 0 Å². The summed E-state index contributed by atoms with van der Waals surface area (Å²) < 4.78 is 37.7. The minimum absolute atomic E-state index is 0.106. The first-order valence-corrected chi connectivity index (χ1v) is 11.3. The lowest BCUT2D eigenvalue weighted by Gasteiger charge is -2.28. The molecule has 0 spiro atoms. The van der Waals surface area contributed by atoms with Crippen molar-refractivity contribution in [2.45, 2.75) is 51.0 Å². The monoisotopic (exact) mass is 478 g/mol. The highest BCUT2D eigenvalue weighted by Crippen LogP contribution is 2.47. The molecule has 0 unspecified atom stereocenters. The van der Waals surface area contributed by atoms with Crippen molar-refractivity contribution >= 4 is 27.8 Å². The minimum atomic E-state index is -1.07. The molecule has 4 aromatic rings. The maximum Gasteiger partial charge on any atom is 0.332 e. The zero-order valence-electron chi connectivity index (χ0n) is 19.5. The number of aromatic amines is 1. The Morgan fingerprint density at radius 2 is 2.14 bits per heavy atom. The standard InChI is InChI=1S/C26H24F2N4O3/c1-13-8-16(4-5-17(13)27)32-18-9-14-11-30-31-23(14)22(28)21(18)20(24(32)26(2,3)6-7-29)15-10-19(25(33)34)35-12-15/h4-5,8-9,11,15,19H,6,10,12H2,1-3H3,(H,30,31)(H,33,34)/t15-,19+/m1/s1. The average Bonchev–Trinajstić information content (AvgIpc) is 3.52. The van der Waals surface area contributed by atoms with Crippen LogP contribution in [0.5, 0.6) is 0 Å². The number of aliphatic carboxylic acids is 1. The lowest BCUT2D eigenvalue weighted by molar-refractivity contribution is -0.147. The van der Waals surface area contributed by atoms with E-state index in [9.17, 15) is 19.6 Å². The molecule has 5 rings (SSSR count). The molecule has 1 fully saturated rings. The molecule has 3 heterocycles. The summed E-state index contributed by atoms with van der Waals surface area (Å²) in [6.45, 7) is 5.56. The van der Waals surface area contributed by atoms with Gasteiger partial charge in [-0.3, -0.25) is 5.10 Å². The number of hydrogen-bond acceptors (Lipinski definition) is 4. The lowest BCUT2D eigenvalue weighted by Crippen LogP contribution is -2.24. The summed E-state index contributed by atoms with van der Waals surface area (Å²) >= 11 is 0. The second-order valence-electron chi connectivity index (χ2n) is 9.76. The van der Waals surface area contributed by atoms with Crippen LogP contribution in [0.15, 0.2) is 30.5 Å². The van der Waals surface area contributed by atoms with E-state index in [2.05, 4.69) is 16.3 Å². The number of aromatic nitrogens is 3. The number of benzene rings is 2. The van der Waals surface area contributed by atoms with Gasteiger partial charge in [-0.2, -0.15) is 10.4 Å². The summed E-state index contributed by atoms with van der Waals surface area (Å²) in [7, 11) is 0. The first kappa shape index (κ1) is 23.0. The van der Waals surface area contributed by atoms with Crippen LogP contribution in [0.2, 0.25) is 0 Å². The summed E-state index contributed by atoms with van der Waals surface area (Å²) in [4.78, 5) is 11.6. The van der Waals surface area contributed by atoms with Gasteiger partial charge in [0.1, 0.15) is 11.3 Å². The number of nitriles is 1. The van der Waals surface area contributed by atoms with Gasteiger partial charge in [0.2, 0.25) is 0 Å². The Morgan fingerprint density at radius 1 is 1.37 bits per heavy atom. The van der Waals surface area contributed by atoms with Crippen LogP contribution in [0.4, 0.5) is 8.78 Å². The van der Waals surface area contributed by atoms with E-state index in [4.69, 9.17) is 4.74 Å². The molecule has 0 radical (unpaired) electrons. The number of carbonyl (C=O) groups is 1. The van der Waals surface area contributed by atoms with Crippen molar-refractivity contribution in [3.8, 4) is 11.8 Å². The number of nitrogens with one attached hydrogen (secondary N) is 1. The van der Waals surface area contributed by atoms with Crippen molar-refractivity contribution in [3.05, 3.63) is 58.9 Å². The Balaban J connectivity index is 1.93. The summed E-state index contributed by atoms with van der Waals surface area (Å²) in [5.74, 6) is -2.35. The summed E-state index contributed by atoms with van der Waals surface area (Å²) in [5, 5.41) is 26.7. The Morgan fingerprint density at radius 3 is 2.80 bits per heavy atom. The van der Waals surface area contributed by atoms with E-state index in [1.54, 1.807) is 19.1 Å². The van der Waals surface area contributed by atoms with Crippen molar-refractivity contribution in [1.82, 2.24) is 14.8 Å². The van der Waals surface area contributed by atoms with Gasteiger partial charge in [-0.25, -0.2) is 13.6 Å². The number of nitrogens with zero attached hydrogens (tertiary/aromatic N) is 3. The minimum Gasteiger partial charge on any atom is -0.479 e. The third-order valence-corrected chi connectivity index (χ3v) is 6.89. The fraction of sp³-hybridized carbons (Fsp3) is 0.346. The van der Waals surface area contributed by atoms with Crippen molar-refractivity contribution in [2.75, 3.05) is 6.61 Å². The molecule has 1 aliphatic rings. The quantitative estimate of drug-likeness (QED) is 0.408. The van der Waals surface area contributed by atoms with Crippen molar-refractivity contribution < 1.29 is 23.4 Å². The van der Waals surface area contributed by atoms with Crippen molar-refractivity contribution in [3.63, 3.8) is 0 Å². The van der Waals surface area contributed by atoms with Gasteiger partial charge in [0.05, 0.1) is 24.4 Å². The smallest absolute Gasteiger partial charge is 0.332 e. The number of rotatable bonds is 5. The maximum absolute atomic E-state index is 16.1. The van der Waals surface area contributed by atoms with E-state index in [0.29, 0.717) is 38.8 Å². The fourth-order valence-electron chi connectivity index (χ4n) is 5.21. The number of carboxylic acid groups (broad SMARTS) is 1. The largest absolute Gasteiger partial charge is 0.479 e. The van der Waals surface area contributed by atoms with Crippen LogP contribution in [0, 0.1) is 29.9 Å².